The highest BCUT2D eigenvalue weighted by Gasteiger charge is 2.40. The van der Waals surface area contributed by atoms with Crippen LogP contribution in [0.25, 0.3) is 65.3 Å². The molecule has 53 heavy (non-hydrogen) atoms. The van der Waals surface area contributed by atoms with Crippen LogP contribution in [0.4, 0.5) is 0 Å². The van der Waals surface area contributed by atoms with Gasteiger partial charge in [0.15, 0.2) is 0 Å². The molecule has 0 saturated heterocycles. The quantitative estimate of drug-likeness (QED) is 0.107. The topological polar surface area (TPSA) is 0 Å². The minimum Gasteiger partial charge on any atom is -0.309 e. The summed E-state index contributed by atoms with van der Waals surface area (Å²) in [7, 11) is 8.58. The van der Waals surface area contributed by atoms with E-state index in [0.717, 1.165) is 113 Å². The lowest BCUT2D eigenvalue weighted by atomic mass is 9.88. The van der Waals surface area contributed by atoms with Crippen molar-refractivity contribution in [1.82, 2.24) is 0 Å². The third-order valence-electron chi connectivity index (χ3n) is 12.8. The summed E-state index contributed by atoms with van der Waals surface area (Å²) in [6.45, 7) is 4.26. The largest absolute Gasteiger partial charge is 0.309 e. The van der Waals surface area contributed by atoms with Crippen LogP contribution in [0, 0.1) is 0 Å². The van der Waals surface area contributed by atoms with Gasteiger partial charge in [-0.2, -0.15) is 0 Å². The number of benzene rings is 8. The maximum Gasteiger partial charge on any atom is 0.106 e. The predicted molar refractivity (Wildman–Crippen MR) is 265 cm³/mol. The second kappa shape index (κ2) is 12.3. The van der Waals surface area contributed by atoms with Gasteiger partial charge in [-0.15, -0.1) is 0 Å². The molecule has 0 unspecified atom stereocenters. The van der Waals surface area contributed by atoms with Crippen molar-refractivity contribution in [1.29, 1.82) is 0 Å². The maximum atomic E-state index is 2.67. The summed E-state index contributed by atoms with van der Waals surface area (Å²) in [4.78, 5) is 0. The first-order valence-electron chi connectivity index (χ1n) is 19.4. The van der Waals surface area contributed by atoms with E-state index in [1.165, 1.54) is 86.1 Å². The Morgan fingerprint density at radius 2 is 0.509 bits per heavy atom. The summed E-state index contributed by atoms with van der Waals surface area (Å²) < 4.78 is 1.05. The molecule has 1 spiro atoms. The van der Waals surface area contributed by atoms with Crippen LogP contribution in [-0.2, 0) is 26.2 Å². The zero-order valence-corrected chi connectivity index (χ0v) is 48.5. The molecular weight excluding hydrogens is 767 g/mol. The van der Waals surface area contributed by atoms with Gasteiger partial charge in [0.25, 0.3) is 0 Å². The number of quaternary nitrogens is 1. The summed E-state index contributed by atoms with van der Waals surface area (Å²) in [5.74, 6) is 0. The smallest absolute Gasteiger partial charge is 0.106 e. The van der Waals surface area contributed by atoms with Crippen LogP contribution in [0.2, 0.25) is 0 Å². The first kappa shape index (κ1) is 34.0. The molecule has 0 bridgehead atoms. The molecule has 10 rings (SSSR count). The van der Waals surface area contributed by atoms with Gasteiger partial charge in [-0.25, -0.2) is 0 Å². The fourth-order valence-corrected chi connectivity index (χ4v) is 15.5. The Balaban J connectivity index is 1.34. The van der Waals surface area contributed by atoms with Crippen LogP contribution in [0.3, 0.4) is 0 Å². The Kier molecular flexibility index (Phi) is 7.86. The van der Waals surface area contributed by atoms with Crippen molar-refractivity contribution < 1.29 is 4.48 Å². The first-order chi connectivity index (χ1) is 25.5. The molecule has 2 heterocycles. The molecule has 0 fully saturated rings. The molecule has 2 aliphatic rings. The van der Waals surface area contributed by atoms with Gasteiger partial charge >= 0.3 is 0 Å². The number of rotatable bonds is 0. The van der Waals surface area contributed by atoms with Crippen molar-refractivity contribution in [2.45, 2.75) is 26.2 Å². The van der Waals surface area contributed by atoms with E-state index in [0.29, 0.717) is 0 Å². The molecule has 0 aliphatic carbocycles. The van der Waals surface area contributed by atoms with E-state index in [-0.39, 0.29) is 0 Å². The highest BCUT2D eigenvalue weighted by atomic mass is 28.2. The first-order valence-corrected chi connectivity index (χ1v) is 27.4. The van der Waals surface area contributed by atoms with Crippen LogP contribution in [-0.4, -0.2) is 86.4 Å². The highest BCUT2D eigenvalue weighted by molar-refractivity contribution is 6.45. The minimum absolute atomic E-state index is 1.05. The van der Waals surface area contributed by atoms with Crippen molar-refractivity contribution in [3.8, 4) is 22.3 Å². The van der Waals surface area contributed by atoms with Crippen molar-refractivity contribution in [2.75, 3.05) is 0 Å². The third-order valence-corrected chi connectivity index (χ3v) is 18.6. The molecule has 8 aromatic carbocycles. The van der Waals surface area contributed by atoms with Crippen molar-refractivity contribution in [3.63, 3.8) is 0 Å². The maximum absolute atomic E-state index is 2.67. The van der Waals surface area contributed by atoms with Crippen molar-refractivity contribution in [3.05, 3.63) is 119 Å². The van der Waals surface area contributed by atoms with E-state index in [1.54, 1.807) is 43.0 Å². The minimum atomic E-state index is 1.05. The lowest BCUT2D eigenvalue weighted by Gasteiger charge is -2.38. The van der Waals surface area contributed by atoms with Gasteiger partial charge in [-0.3, -0.25) is 0 Å². The van der Waals surface area contributed by atoms with Crippen LogP contribution in [0.5, 0.6) is 0 Å². The highest BCUT2D eigenvalue weighted by Crippen LogP contribution is 2.48. The molecule has 9 heteroatoms. The zero-order chi connectivity index (χ0) is 36.5. The van der Waals surface area contributed by atoms with Gasteiger partial charge < -0.3 is 4.48 Å². The van der Waals surface area contributed by atoms with Gasteiger partial charge in [-0.1, -0.05) is 139 Å². The van der Waals surface area contributed by atoms with Gasteiger partial charge in [0.1, 0.15) is 26.2 Å². The normalized spacial score (nSPS) is 16.9. The summed E-state index contributed by atoms with van der Waals surface area (Å²) in [6, 6.07) is 40.5. The van der Waals surface area contributed by atoms with Crippen molar-refractivity contribution in [2.24, 2.45) is 0 Å². The Bertz CT molecular complexity index is 2550. The fourth-order valence-electron chi connectivity index (χ4n) is 10.6. The average molecular weight is 816 g/mol. The molecule has 0 aromatic heterocycles. The second-order valence-corrected chi connectivity index (χ2v) is 26.0. The SMILES string of the molecule is [SiH3]c1ccc2c3c(cc([SiH3])c2c1)C[N+]1(Cc2cc([SiH3])c4cc([SiH3])ccc4c2-3)Cc2cc([SiH3])c3cc([SiH3])ccc3c2-c2c(cc([SiH3])c3cc([SiH3])ccc23)C1. The third kappa shape index (κ3) is 5.31. The summed E-state index contributed by atoms with van der Waals surface area (Å²) in [6.07, 6.45) is 0. The Labute approximate surface area is 336 Å². The van der Waals surface area contributed by atoms with Gasteiger partial charge in [0.05, 0.1) is 0 Å². The Hall–Kier alpha value is -3.50. The van der Waals surface area contributed by atoms with Gasteiger partial charge in [0, 0.05) is 104 Å². The molecule has 8 aromatic rings. The van der Waals surface area contributed by atoms with E-state index in [1.807, 2.05) is 0 Å². The number of hydrogen-bond donors (Lipinski definition) is 0. The standard InChI is InChI=1S/C44H48NSi8/c46-25-1-5-29-33(13-25)37(50)9-21-17-45(18-22-10-38(51)34-14-26(47)2-6-30(34)42(22)41(21)29)19-23-11-39(52)35-15-27(48)3-7-31(35)43(23)44-24(20-45)12-40(53)36-16-28(49)4-8-32(36)44/h1-16H,17-20H2,46-53H3/q+1. The van der Waals surface area contributed by atoms with E-state index >= 15 is 0 Å². The Morgan fingerprint density at radius 1 is 0.283 bits per heavy atom. The zero-order valence-electron chi connectivity index (χ0n) is 32.5. The Morgan fingerprint density at radius 3 is 0.736 bits per heavy atom. The number of nitrogens with zero attached hydrogens (tertiary/aromatic N) is 1. The molecule has 0 atom stereocenters. The van der Waals surface area contributed by atoms with Crippen molar-refractivity contribution >= 4 is 167 Å². The lowest BCUT2D eigenvalue weighted by Crippen LogP contribution is -2.44. The number of fused-ring (bicyclic) bond motifs is 14. The molecule has 0 N–H and O–H groups in total. The predicted octanol–water partition coefficient (Wildman–Crippen LogP) is -4.90. The fraction of sp³-hybridized carbons (Fsp3) is 0.0909. The molecular formula is C44H48NSi8+. The molecule has 0 radical (unpaired) electrons. The van der Waals surface area contributed by atoms with E-state index in [4.69, 9.17) is 0 Å². The van der Waals surface area contributed by atoms with Gasteiger partial charge in [0.2, 0.25) is 0 Å². The van der Waals surface area contributed by atoms with Crippen LogP contribution in [0.1, 0.15) is 22.3 Å². The number of hydrogen-bond acceptors (Lipinski definition) is 0. The van der Waals surface area contributed by atoms with E-state index < -0.39 is 0 Å². The van der Waals surface area contributed by atoms with Gasteiger partial charge in [-0.05, 0) is 65.3 Å². The average Bonchev–Trinajstić information content (AvgIpc) is 3.32. The van der Waals surface area contributed by atoms with Crippen LogP contribution in [0.15, 0.2) is 97.1 Å². The lowest BCUT2D eigenvalue weighted by molar-refractivity contribution is -0.977. The van der Waals surface area contributed by atoms with Crippen LogP contribution >= 0.6 is 0 Å². The van der Waals surface area contributed by atoms with E-state index in [2.05, 4.69) is 97.1 Å². The monoisotopic (exact) mass is 814 g/mol. The molecule has 1 nitrogen and oxygen atoms in total. The van der Waals surface area contributed by atoms with E-state index in [9.17, 15) is 0 Å². The molecule has 260 valence electrons. The summed E-state index contributed by atoms with van der Waals surface area (Å²) in [5.41, 5.74) is 12.4. The van der Waals surface area contributed by atoms with Crippen LogP contribution < -0.4 is 41.5 Å². The summed E-state index contributed by atoms with van der Waals surface area (Å²) in [5, 5.41) is 24.2. The summed E-state index contributed by atoms with van der Waals surface area (Å²) >= 11 is 0. The molecule has 0 saturated carbocycles. The second-order valence-electron chi connectivity index (χ2n) is 17.1. The molecule has 0 amide bonds. The molecule has 2 aliphatic heterocycles.